The van der Waals surface area contributed by atoms with Gasteiger partial charge in [-0.3, -0.25) is 4.79 Å². The number of ketones is 1. The van der Waals surface area contributed by atoms with Crippen molar-refractivity contribution in [1.82, 2.24) is 0 Å². The summed E-state index contributed by atoms with van der Waals surface area (Å²) < 4.78 is 5.70. The van der Waals surface area contributed by atoms with E-state index in [0.717, 1.165) is 36.9 Å². The van der Waals surface area contributed by atoms with Gasteiger partial charge in [0.25, 0.3) is 0 Å². The summed E-state index contributed by atoms with van der Waals surface area (Å²) in [6.07, 6.45) is -0.572. The lowest BCUT2D eigenvalue weighted by molar-refractivity contribution is -0.903. The molecule has 0 amide bonds. The van der Waals surface area contributed by atoms with Crippen LogP contribution in [0.1, 0.15) is 17.3 Å². The van der Waals surface area contributed by atoms with Crippen LogP contribution in [0.5, 0.6) is 5.75 Å². The van der Waals surface area contributed by atoms with Gasteiger partial charge in [0.1, 0.15) is 25.0 Å². The Labute approximate surface area is 165 Å². The number of quaternary nitrogens is 1. The number of aliphatic hydroxyl groups is 1. The van der Waals surface area contributed by atoms with Crippen LogP contribution in [0, 0.1) is 0 Å². The van der Waals surface area contributed by atoms with Crippen molar-refractivity contribution in [2.45, 2.75) is 13.0 Å². The van der Waals surface area contributed by atoms with E-state index in [1.807, 2.05) is 30.3 Å². The molecule has 1 heterocycles. The highest BCUT2D eigenvalue weighted by atomic mass is 35.5. The molecule has 2 N–H and O–H groups in total. The van der Waals surface area contributed by atoms with Gasteiger partial charge in [-0.2, -0.15) is 0 Å². The predicted octanol–water partition coefficient (Wildman–Crippen LogP) is 1.69. The van der Waals surface area contributed by atoms with Crippen LogP contribution >= 0.6 is 11.6 Å². The van der Waals surface area contributed by atoms with Gasteiger partial charge >= 0.3 is 0 Å². The topological polar surface area (TPSA) is 54.2 Å². The van der Waals surface area contributed by atoms with Gasteiger partial charge in [0.2, 0.25) is 0 Å². The van der Waals surface area contributed by atoms with Crippen LogP contribution in [0.4, 0.5) is 5.69 Å². The molecule has 1 fully saturated rings. The van der Waals surface area contributed by atoms with Crippen molar-refractivity contribution >= 4 is 23.1 Å². The first-order chi connectivity index (χ1) is 13.0. The molecule has 1 saturated heterocycles. The van der Waals surface area contributed by atoms with E-state index in [2.05, 4.69) is 11.0 Å². The SMILES string of the molecule is CC(=O)c1ccccc1OC[C@@H](O)C[NH+]1CCN(c2cccc(Cl)c2)CC1. The van der Waals surface area contributed by atoms with E-state index < -0.39 is 6.10 Å². The van der Waals surface area contributed by atoms with Crippen molar-refractivity contribution in [3.05, 3.63) is 59.1 Å². The number of aliphatic hydroxyl groups excluding tert-OH is 1. The second-order valence-corrected chi connectivity index (χ2v) is 7.37. The summed E-state index contributed by atoms with van der Waals surface area (Å²) in [6.45, 7) is 6.09. The summed E-state index contributed by atoms with van der Waals surface area (Å²) in [4.78, 5) is 15.3. The minimum atomic E-state index is -0.572. The highest BCUT2D eigenvalue weighted by Crippen LogP contribution is 2.20. The molecular weight excluding hydrogens is 364 g/mol. The van der Waals surface area contributed by atoms with Crippen LogP contribution in [0.3, 0.4) is 0 Å². The Morgan fingerprint density at radius 2 is 1.96 bits per heavy atom. The maximum absolute atomic E-state index is 11.6. The van der Waals surface area contributed by atoms with Crippen LogP contribution in [-0.4, -0.2) is 56.3 Å². The molecule has 0 radical (unpaired) electrons. The van der Waals surface area contributed by atoms with E-state index in [9.17, 15) is 9.90 Å². The number of hydrogen-bond donors (Lipinski definition) is 2. The molecule has 2 aromatic carbocycles. The van der Waals surface area contributed by atoms with Crippen LogP contribution in [-0.2, 0) is 0 Å². The highest BCUT2D eigenvalue weighted by Gasteiger charge is 2.23. The number of benzene rings is 2. The molecule has 1 atom stereocenters. The van der Waals surface area contributed by atoms with Gasteiger partial charge in [-0.25, -0.2) is 0 Å². The summed E-state index contributed by atoms with van der Waals surface area (Å²) >= 11 is 6.08. The smallest absolute Gasteiger partial charge is 0.163 e. The molecule has 1 aliphatic heterocycles. The first kappa shape index (κ1) is 19.7. The minimum absolute atomic E-state index is 0.0390. The first-order valence-corrected chi connectivity index (χ1v) is 9.65. The molecule has 0 spiro atoms. The molecule has 0 aromatic heterocycles. The van der Waals surface area contributed by atoms with E-state index in [0.29, 0.717) is 17.9 Å². The second kappa shape index (κ2) is 9.22. The van der Waals surface area contributed by atoms with E-state index in [-0.39, 0.29) is 12.4 Å². The normalized spacial score (nSPS) is 16.2. The summed E-state index contributed by atoms with van der Waals surface area (Å²) in [5.74, 6) is 0.493. The maximum Gasteiger partial charge on any atom is 0.163 e. The van der Waals surface area contributed by atoms with E-state index in [4.69, 9.17) is 16.3 Å². The zero-order valence-electron chi connectivity index (χ0n) is 15.5. The number of halogens is 1. The van der Waals surface area contributed by atoms with Crippen molar-refractivity contribution in [3.63, 3.8) is 0 Å². The fourth-order valence-electron chi connectivity index (χ4n) is 3.42. The average molecular weight is 390 g/mol. The van der Waals surface area contributed by atoms with Crippen LogP contribution in [0.25, 0.3) is 0 Å². The molecule has 5 nitrogen and oxygen atoms in total. The summed E-state index contributed by atoms with van der Waals surface area (Å²) in [5.41, 5.74) is 1.69. The summed E-state index contributed by atoms with van der Waals surface area (Å²) in [6, 6.07) is 15.1. The number of ether oxygens (including phenoxy) is 1. The van der Waals surface area contributed by atoms with Gasteiger partial charge in [0.05, 0.1) is 31.7 Å². The second-order valence-electron chi connectivity index (χ2n) is 6.94. The van der Waals surface area contributed by atoms with Gasteiger partial charge in [-0.1, -0.05) is 29.8 Å². The number of para-hydroxylation sites is 1. The Morgan fingerprint density at radius 3 is 2.67 bits per heavy atom. The molecule has 0 unspecified atom stereocenters. The summed E-state index contributed by atoms with van der Waals surface area (Å²) in [7, 11) is 0. The lowest BCUT2D eigenvalue weighted by atomic mass is 10.1. The number of carbonyl (C=O) groups excluding carboxylic acids is 1. The van der Waals surface area contributed by atoms with Crippen molar-refractivity contribution < 1.29 is 19.5 Å². The maximum atomic E-state index is 11.6. The average Bonchev–Trinajstić information content (AvgIpc) is 2.67. The largest absolute Gasteiger partial charge is 0.490 e. The Balaban J connectivity index is 1.46. The van der Waals surface area contributed by atoms with Gasteiger partial charge < -0.3 is 19.6 Å². The number of anilines is 1. The molecule has 27 heavy (non-hydrogen) atoms. The number of carbonyl (C=O) groups is 1. The molecule has 3 rings (SSSR count). The molecule has 144 valence electrons. The monoisotopic (exact) mass is 389 g/mol. The van der Waals surface area contributed by atoms with Crippen molar-refractivity contribution in [2.24, 2.45) is 0 Å². The third-order valence-electron chi connectivity index (χ3n) is 4.87. The third-order valence-corrected chi connectivity index (χ3v) is 5.10. The van der Waals surface area contributed by atoms with Gasteiger partial charge in [0.15, 0.2) is 5.78 Å². The van der Waals surface area contributed by atoms with E-state index >= 15 is 0 Å². The van der Waals surface area contributed by atoms with Crippen molar-refractivity contribution in [2.75, 3.05) is 44.2 Å². The molecule has 0 aliphatic carbocycles. The molecule has 0 saturated carbocycles. The zero-order chi connectivity index (χ0) is 19.2. The Morgan fingerprint density at radius 1 is 1.22 bits per heavy atom. The first-order valence-electron chi connectivity index (χ1n) is 9.28. The lowest BCUT2D eigenvalue weighted by Gasteiger charge is -2.34. The van der Waals surface area contributed by atoms with Crippen LogP contribution in [0.15, 0.2) is 48.5 Å². The van der Waals surface area contributed by atoms with Gasteiger partial charge in [-0.05, 0) is 37.3 Å². The lowest BCUT2D eigenvalue weighted by Crippen LogP contribution is -3.16. The molecular formula is C21H26ClN2O3+. The molecule has 2 aromatic rings. The summed E-state index contributed by atoms with van der Waals surface area (Å²) in [5, 5.41) is 11.1. The van der Waals surface area contributed by atoms with Crippen molar-refractivity contribution in [1.29, 1.82) is 0 Å². The van der Waals surface area contributed by atoms with Crippen molar-refractivity contribution in [3.8, 4) is 5.75 Å². The highest BCUT2D eigenvalue weighted by molar-refractivity contribution is 6.30. The fourth-order valence-corrected chi connectivity index (χ4v) is 3.60. The number of hydrogen-bond acceptors (Lipinski definition) is 4. The van der Waals surface area contributed by atoms with Crippen LogP contribution in [0.2, 0.25) is 5.02 Å². The Bertz CT molecular complexity index is 776. The zero-order valence-corrected chi connectivity index (χ0v) is 16.3. The number of nitrogens with zero attached hydrogens (tertiary/aromatic N) is 1. The van der Waals surface area contributed by atoms with E-state index in [1.165, 1.54) is 11.8 Å². The number of rotatable bonds is 7. The number of piperazine rings is 1. The van der Waals surface area contributed by atoms with Gasteiger partial charge in [0, 0.05) is 10.7 Å². The van der Waals surface area contributed by atoms with E-state index in [1.54, 1.807) is 12.1 Å². The molecule has 0 bridgehead atoms. The Hall–Kier alpha value is -2.08. The van der Waals surface area contributed by atoms with Crippen LogP contribution < -0.4 is 14.5 Å². The predicted molar refractivity (Wildman–Crippen MR) is 107 cm³/mol. The third kappa shape index (κ3) is 5.45. The molecule has 1 aliphatic rings. The fraction of sp³-hybridized carbons (Fsp3) is 0.381. The Kier molecular flexibility index (Phi) is 6.72. The quantitative estimate of drug-likeness (QED) is 0.707. The number of Topliss-reactive ketones (excluding diaryl/α,β-unsaturated/α-hetero) is 1. The minimum Gasteiger partial charge on any atom is -0.490 e. The standard InChI is InChI=1S/C21H25ClN2O3/c1-16(25)20-7-2-3-8-21(20)27-15-19(26)14-23-9-11-24(12-10-23)18-6-4-5-17(22)13-18/h2-8,13,19,26H,9-12,14-15H2,1H3/p+1/t19-/m0/s1. The number of nitrogens with one attached hydrogen (secondary N) is 1. The molecule has 6 heteroatoms. The van der Waals surface area contributed by atoms with Gasteiger partial charge in [-0.15, -0.1) is 0 Å².